The fourth-order valence-electron chi connectivity index (χ4n) is 2.77. The number of benzene rings is 1. The van der Waals surface area contributed by atoms with Gasteiger partial charge in [-0.15, -0.1) is 0 Å². The van der Waals surface area contributed by atoms with E-state index >= 15 is 0 Å². The average Bonchev–Trinajstić information content (AvgIpc) is 2.46. The highest BCUT2D eigenvalue weighted by Gasteiger charge is 2.35. The highest BCUT2D eigenvalue weighted by molar-refractivity contribution is 8.00. The molecule has 1 saturated carbocycles. The van der Waals surface area contributed by atoms with E-state index in [4.69, 9.17) is 0 Å². The van der Waals surface area contributed by atoms with Crippen LogP contribution in [0.3, 0.4) is 0 Å². The summed E-state index contributed by atoms with van der Waals surface area (Å²) in [5, 5.41) is 16.0. The Labute approximate surface area is 127 Å². The van der Waals surface area contributed by atoms with Crippen LogP contribution in [0.15, 0.2) is 30.6 Å². The van der Waals surface area contributed by atoms with E-state index in [2.05, 4.69) is 16.6 Å². The zero-order valence-corrected chi connectivity index (χ0v) is 12.7. The molecule has 0 atom stereocenters. The van der Waals surface area contributed by atoms with Crippen LogP contribution in [-0.4, -0.2) is 27.5 Å². The summed E-state index contributed by atoms with van der Waals surface area (Å²) in [6, 6.07) is 5.05. The van der Waals surface area contributed by atoms with Gasteiger partial charge >= 0.3 is 0 Å². The molecule has 0 aliphatic heterocycles. The number of nitro groups is 1. The van der Waals surface area contributed by atoms with Gasteiger partial charge in [0.2, 0.25) is 0 Å². The first-order valence-electron chi connectivity index (χ1n) is 6.95. The number of hydrogen-bond donors (Lipinski definition) is 1. The molecule has 21 heavy (non-hydrogen) atoms. The van der Waals surface area contributed by atoms with E-state index in [0.717, 1.165) is 17.6 Å². The van der Waals surface area contributed by atoms with Gasteiger partial charge in [-0.05, 0) is 31.2 Å². The van der Waals surface area contributed by atoms with Crippen molar-refractivity contribution < 1.29 is 4.92 Å². The van der Waals surface area contributed by atoms with Crippen molar-refractivity contribution in [1.29, 1.82) is 0 Å². The average molecular weight is 303 g/mol. The molecule has 0 radical (unpaired) electrons. The summed E-state index contributed by atoms with van der Waals surface area (Å²) >= 11 is 1.91. The molecular weight excluding hydrogens is 286 g/mol. The van der Waals surface area contributed by atoms with E-state index in [9.17, 15) is 10.1 Å². The Balaban J connectivity index is 1.93. The van der Waals surface area contributed by atoms with Crippen LogP contribution in [0.5, 0.6) is 0 Å². The Kier molecular flexibility index (Phi) is 3.71. The molecule has 0 spiro atoms. The number of nitro benzene ring substituents is 1. The molecule has 1 aromatic heterocycles. The Bertz CT molecular complexity index is 680. The van der Waals surface area contributed by atoms with E-state index in [1.54, 1.807) is 30.6 Å². The minimum Gasteiger partial charge on any atom is -0.383 e. The van der Waals surface area contributed by atoms with Gasteiger partial charge in [0, 0.05) is 40.8 Å². The molecule has 1 aromatic carbocycles. The Morgan fingerprint density at radius 2 is 2.19 bits per heavy atom. The number of hydrogen-bond acceptors (Lipinski definition) is 5. The highest BCUT2D eigenvalue weighted by Crippen LogP contribution is 2.43. The van der Waals surface area contributed by atoms with Crippen molar-refractivity contribution in [2.45, 2.75) is 24.0 Å². The molecule has 2 aromatic rings. The quantitative estimate of drug-likeness (QED) is 0.671. The highest BCUT2D eigenvalue weighted by atomic mass is 32.2. The zero-order chi connectivity index (χ0) is 14.9. The van der Waals surface area contributed by atoms with Crippen LogP contribution in [0.1, 0.15) is 19.3 Å². The van der Waals surface area contributed by atoms with Crippen LogP contribution in [0.2, 0.25) is 0 Å². The number of aromatic nitrogens is 1. The predicted molar refractivity (Wildman–Crippen MR) is 87.0 cm³/mol. The van der Waals surface area contributed by atoms with Gasteiger partial charge in [-0.1, -0.05) is 6.42 Å². The van der Waals surface area contributed by atoms with Crippen LogP contribution >= 0.6 is 11.8 Å². The number of pyridine rings is 1. The molecule has 1 aliphatic rings. The zero-order valence-electron chi connectivity index (χ0n) is 11.8. The molecule has 0 unspecified atom stereocenters. The second kappa shape index (κ2) is 5.52. The smallest absolute Gasteiger partial charge is 0.277 e. The molecule has 5 nitrogen and oxygen atoms in total. The number of anilines is 1. The van der Waals surface area contributed by atoms with E-state index in [0.29, 0.717) is 10.1 Å². The first-order chi connectivity index (χ1) is 10.2. The lowest BCUT2D eigenvalue weighted by Crippen LogP contribution is -2.40. The minimum atomic E-state index is -0.346. The first kappa shape index (κ1) is 14.1. The summed E-state index contributed by atoms with van der Waals surface area (Å²) in [6.45, 7) is 0.885. The fourth-order valence-corrected chi connectivity index (χ4v) is 3.68. The lowest BCUT2D eigenvalue weighted by molar-refractivity contribution is -0.383. The maximum atomic E-state index is 11.1. The summed E-state index contributed by atoms with van der Waals surface area (Å²) in [6.07, 6.45) is 9.17. The fraction of sp³-hybridized carbons (Fsp3) is 0.400. The van der Waals surface area contributed by atoms with Crippen molar-refractivity contribution in [3.05, 3.63) is 40.7 Å². The van der Waals surface area contributed by atoms with Crippen LogP contribution in [0.4, 0.5) is 11.4 Å². The lowest BCUT2D eigenvalue weighted by Gasteiger charge is -2.40. The maximum absolute atomic E-state index is 11.1. The van der Waals surface area contributed by atoms with Crippen LogP contribution in [-0.2, 0) is 0 Å². The van der Waals surface area contributed by atoms with Crippen molar-refractivity contribution in [3.8, 4) is 0 Å². The molecule has 1 heterocycles. The van der Waals surface area contributed by atoms with Gasteiger partial charge in [-0.2, -0.15) is 11.8 Å². The van der Waals surface area contributed by atoms with Gasteiger partial charge in [0.25, 0.3) is 5.69 Å². The number of rotatable bonds is 5. The first-order valence-corrected chi connectivity index (χ1v) is 8.18. The van der Waals surface area contributed by atoms with Crippen LogP contribution in [0.25, 0.3) is 10.8 Å². The van der Waals surface area contributed by atoms with E-state index < -0.39 is 0 Å². The van der Waals surface area contributed by atoms with Crippen molar-refractivity contribution in [3.63, 3.8) is 0 Å². The van der Waals surface area contributed by atoms with Gasteiger partial charge in [-0.3, -0.25) is 15.1 Å². The molecule has 6 heteroatoms. The monoisotopic (exact) mass is 303 g/mol. The van der Waals surface area contributed by atoms with Crippen LogP contribution in [0, 0.1) is 10.1 Å². The molecule has 1 aliphatic carbocycles. The largest absolute Gasteiger partial charge is 0.383 e. The number of thioether (sulfide) groups is 1. The Morgan fingerprint density at radius 1 is 1.38 bits per heavy atom. The van der Waals surface area contributed by atoms with E-state index in [1.165, 1.54) is 19.3 Å². The van der Waals surface area contributed by atoms with Crippen LogP contribution < -0.4 is 5.32 Å². The van der Waals surface area contributed by atoms with Gasteiger partial charge in [0.05, 0.1) is 10.3 Å². The number of non-ortho nitro benzene ring substituents is 1. The van der Waals surface area contributed by atoms with Crippen molar-refractivity contribution in [2.24, 2.45) is 0 Å². The van der Waals surface area contributed by atoms with E-state index in [-0.39, 0.29) is 10.6 Å². The third-order valence-electron chi connectivity index (χ3n) is 4.29. The normalized spacial score (nSPS) is 16.4. The van der Waals surface area contributed by atoms with Crippen molar-refractivity contribution >= 4 is 33.9 Å². The topological polar surface area (TPSA) is 68.1 Å². The molecule has 1 fully saturated rings. The van der Waals surface area contributed by atoms with Gasteiger partial charge in [0.1, 0.15) is 0 Å². The molecule has 3 rings (SSSR count). The second-order valence-electron chi connectivity index (χ2n) is 5.40. The minimum absolute atomic E-state index is 0.126. The number of nitrogens with one attached hydrogen (secondary N) is 1. The Morgan fingerprint density at radius 3 is 2.81 bits per heavy atom. The number of fused-ring (bicyclic) bond motifs is 1. The SMILES string of the molecule is CSC1(CNc2ccc([N+](=O)[O-])c3ccncc23)CCC1. The Hall–Kier alpha value is -1.82. The van der Waals surface area contributed by atoms with Gasteiger partial charge in [0.15, 0.2) is 0 Å². The molecule has 0 amide bonds. The third-order valence-corrected chi connectivity index (χ3v) is 5.71. The lowest BCUT2D eigenvalue weighted by atomic mass is 9.84. The van der Waals surface area contributed by atoms with Crippen molar-refractivity contribution in [2.75, 3.05) is 18.1 Å². The third kappa shape index (κ3) is 2.55. The molecule has 0 saturated heterocycles. The maximum Gasteiger partial charge on any atom is 0.277 e. The molecule has 0 bridgehead atoms. The summed E-state index contributed by atoms with van der Waals surface area (Å²) in [5.74, 6) is 0. The predicted octanol–water partition coefficient (Wildman–Crippen LogP) is 3.84. The number of nitrogens with zero attached hydrogens (tertiary/aromatic N) is 2. The summed E-state index contributed by atoms with van der Waals surface area (Å²) < 4.78 is 0.316. The van der Waals surface area contributed by atoms with Gasteiger partial charge < -0.3 is 5.32 Å². The molecular formula is C15H17N3O2S. The van der Waals surface area contributed by atoms with Crippen molar-refractivity contribution in [1.82, 2.24) is 4.98 Å². The molecule has 1 N–H and O–H groups in total. The summed E-state index contributed by atoms with van der Waals surface area (Å²) in [4.78, 5) is 14.9. The van der Waals surface area contributed by atoms with E-state index in [1.807, 2.05) is 11.8 Å². The van der Waals surface area contributed by atoms with Gasteiger partial charge in [-0.25, -0.2) is 0 Å². The standard InChI is InChI=1S/C15H17N3O2S/c1-21-15(6-2-7-15)10-17-13-3-4-14(18(19)20)11-5-8-16-9-12(11)13/h3-5,8-9,17H,2,6-7,10H2,1H3. The second-order valence-corrected chi connectivity index (χ2v) is 6.68. The summed E-state index contributed by atoms with van der Waals surface area (Å²) in [7, 11) is 0. The summed E-state index contributed by atoms with van der Waals surface area (Å²) in [5.41, 5.74) is 1.05. The molecule has 110 valence electrons.